The third kappa shape index (κ3) is 3.20. The van der Waals surface area contributed by atoms with Gasteiger partial charge in [-0.25, -0.2) is 0 Å². The number of benzene rings is 1. The number of hydrogen-bond acceptors (Lipinski definition) is 4. The van der Waals surface area contributed by atoms with Crippen molar-refractivity contribution in [2.24, 2.45) is 0 Å². The summed E-state index contributed by atoms with van der Waals surface area (Å²) in [5.41, 5.74) is 3.67. The first kappa shape index (κ1) is 15.6. The minimum absolute atomic E-state index is 0.0633. The Bertz CT molecular complexity index is 897. The Morgan fingerprint density at radius 2 is 2.04 bits per heavy atom. The summed E-state index contributed by atoms with van der Waals surface area (Å²) in [7, 11) is 0. The number of carbonyl (C=O) groups is 1. The highest BCUT2D eigenvalue weighted by Gasteiger charge is 2.16. The van der Waals surface area contributed by atoms with Crippen molar-refractivity contribution in [1.82, 2.24) is 19.9 Å². The first-order valence-corrected chi connectivity index (χ1v) is 8.66. The second-order valence-electron chi connectivity index (χ2n) is 6.50. The van der Waals surface area contributed by atoms with E-state index >= 15 is 0 Å². The number of amides is 1. The average molecular weight is 335 g/mol. The molecular weight excluding hydrogens is 314 g/mol. The molecule has 4 rings (SSSR count). The molecule has 6 nitrogen and oxygen atoms in total. The quantitative estimate of drug-likeness (QED) is 0.796. The molecule has 2 aromatic heterocycles. The molecule has 3 heterocycles. The summed E-state index contributed by atoms with van der Waals surface area (Å²) in [6, 6.07) is 11.9. The van der Waals surface area contributed by atoms with Crippen LogP contribution in [-0.2, 0) is 0 Å². The number of nitrogens with one attached hydrogen (secondary N) is 1. The highest BCUT2D eigenvalue weighted by atomic mass is 16.1. The van der Waals surface area contributed by atoms with Gasteiger partial charge in [0.05, 0.1) is 11.6 Å². The van der Waals surface area contributed by atoms with Gasteiger partial charge >= 0.3 is 0 Å². The molecule has 6 heteroatoms. The van der Waals surface area contributed by atoms with Crippen LogP contribution in [0.5, 0.6) is 0 Å². The van der Waals surface area contributed by atoms with E-state index in [0.29, 0.717) is 5.56 Å². The summed E-state index contributed by atoms with van der Waals surface area (Å²) in [6.07, 6.45) is 5.84. The van der Waals surface area contributed by atoms with Gasteiger partial charge in [0, 0.05) is 25.0 Å². The third-order valence-corrected chi connectivity index (χ3v) is 4.74. The Labute approximate surface area is 146 Å². The van der Waals surface area contributed by atoms with Crippen LogP contribution in [-0.4, -0.2) is 33.6 Å². The molecule has 128 valence electrons. The molecule has 0 aliphatic carbocycles. The van der Waals surface area contributed by atoms with Crippen molar-refractivity contribution in [1.29, 1.82) is 0 Å². The van der Waals surface area contributed by atoms with Gasteiger partial charge in [0.2, 0.25) is 0 Å². The van der Waals surface area contributed by atoms with Crippen molar-refractivity contribution >= 4 is 17.2 Å². The van der Waals surface area contributed by atoms with Crippen LogP contribution in [0.4, 0.5) is 5.69 Å². The molecule has 1 aromatic carbocycles. The topological polar surface area (TPSA) is 62.5 Å². The van der Waals surface area contributed by atoms with Gasteiger partial charge in [-0.2, -0.15) is 0 Å². The summed E-state index contributed by atoms with van der Waals surface area (Å²) in [5, 5.41) is 10.9. The fourth-order valence-corrected chi connectivity index (χ4v) is 3.29. The van der Waals surface area contributed by atoms with Gasteiger partial charge in [-0.3, -0.25) is 9.20 Å². The number of hydrogen-bond donors (Lipinski definition) is 1. The molecular formula is C19H21N5O. The Hall–Kier alpha value is -2.89. The molecule has 0 radical (unpaired) electrons. The molecule has 0 unspecified atom stereocenters. The number of fused-ring (bicyclic) bond motifs is 1. The standard InChI is InChI=1S/C19H21N5O/c1-14(15-5-4-6-17(11-15)23-9-2-3-10-23)21-19(25)16-7-8-18-22-20-13-24(18)12-16/h4-8,11-14H,2-3,9-10H2,1H3,(H,21,25)/t14-/m0/s1. The molecule has 1 amide bonds. The van der Waals surface area contributed by atoms with Crippen LogP contribution in [0.15, 0.2) is 48.9 Å². The third-order valence-electron chi connectivity index (χ3n) is 4.74. The Morgan fingerprint density at radius 3 is 2.88 bits per heavy atom. The van der Waals surface area contributed by atoms with Crippen LogP contribution >= 0.6 is 0 Å². The van der Waals surface area contributed by atoms with Crippen LogP contribution in [0.1, 0.15) is 41.7 Å². The minimum atomic E-state index is -0.102. The number of aromatic nitrogens is 3. The number of carbonyl (C=O) groups excluding carboxylic acids is 1. The molecule has 0 saturated carbocycles. The fraction of sp³-hybridized carbons (Fsp3) is 0.316. The highest BCUT2D eigenvalue weighted by Crippen LogP contribution is 2.24. The first-order chi connectivity index (χ1) is 12.2. The zero-order valence-electron chi connectivity index (χ0n) is 14.2. The first-order valence-electron chi connectivity index (χ1n) is 8.66. The van der Waals surface area contributed by atoms with Crippen LogP contribution < -0.4 is 10.2 Å². The molecule has 0 spiro atoms. The summed E-state index contributed by atoms with van der Waals surface area (Å²) in [4.78, 5) is 15.0. The van der Waals surface area contributed by atoms with Gasteiger partial charge in [0.15, 0.2) is 5.65 Å². The van der Waals surface area contributed by atoms with Crippen molar-refractivity contribution in [2.75, 3.05) is 18.0 Å². The lowest BCUT2D eigenvalue weighted by Gasteiger charge is -2.20. The molecule has 3 aromatic rings. The van der Waals surface area contributed by atoms with Crippen LogP contribution in [0.2, 0.25) is 0 Å². The van der Waals surface area contributed by atoms with Crippen molar-refractivity contribution in [3.05, 3.63) is 60.0 Å². The molecule has 1 fully saturated rings. The van der Waals surface area contributed by atoms with E-state index in [9.17, 15) is 4.79 Å². The number of nitrogens with zero attached hydrogens (tertiary/aromatic N) is 4. The Balaban J connectivity index is 1.49. The second-order valence-corrected chi connectivity index (χ2v) is 6.50. The van der Waals surface area contributed by atoms with E-state index in [-0.39, 0.29) is 11.9 Å². The van der Waals surface area contributed by atoms with Crippen molar-refractivity contribution in [3.8, 4) is 0 Å². The summed E-state index contributed by atoms with van der Waals surface area (Å²) >= 11 is 0. The van der Waals surface area contributed by atoms with Crippen LogP contribution in [0.25, 0.3) is 5.65 Å². The lowest BCUT2D eigenvalue weighted by Crippen LogP contribution is -2.27. The summed E-state index contributed by atoms with van der Waals surface area (Å²) in [6.45, 7) is 4.24. The Morgan fingerprint density at radius 1 is 1.20 bits per heavy atom. The Kier molecular flexibility index (Phi) is 4.09. The fourth-order valence-electron chi connectivity index (χ4n) is 3.29. The molecule has 1 aliphatic heterocycles. The molecule has 1 atom stereocenters. The van der Waals surface area contributed by atoms with Crippen molar-refractivity contribution in [2.45, 2.75) is 25.8 Å². The van der Waals surface area contributed by atoms with Gasteiger partial charge < -0.3 is 10.2 Å². The maximum Gasteiger partial charge on any atom is 0.253 e. The van der Waals surface area contributed by atoms with Gasteiger partial charge in [0.25, 0.3) is 5.91 Å². The van der Waals surface area contributed by atoms with E-state index in [2.05, 4.69) is 44.7 Å². The minimum Gasteiger partial charge on any atom is -0.372 e. The van der Waals surface area contributed by atoms with E-state index < -0.39 is 0 Å². The van der Waals surface area contributed by atoms with Crippen molar-refractivity contribution < 1.29 is 4.79 Å². The van der Waals surface area contributed by atoms with Crippen molar-refractivity contribution in [3.63, 3.8) is 0 Å². The summed E-state index contributed by atoms with van der Waals surface area (Å²) < 4.78 is 1.74. The van der Waals surface area contributed by atoms with Gasteiger partial charge in [-0.05, 0) is 49.6 Å². The van der Waals surface area contributed by atoms with E-state index in [0.717, 1.165) is 24.3 Å². The van der Waals surface area contributed by atoms with E-state index in [1.807, 2.05) is 6.92 Å². The zero-order chi connectivity index (χ0) is 17.2. The van der Waals surface area contributed by atoms with E-state index in [1.165, 1.54) is 18.5 Å². The molecule has 1 N–H and O–H groups in total. The van der Waals surface area contributed by atoms with Crippen LogP contribution in [0, 0.1) is 0 Å². The largest absolute Gasteiger partial charge is 0.372 e. The number of pyridine rings is 1. The lowest BCUT2D eigenvalue weighted by atomic mass is 10.1. The molecule has 1 saturated heterocycles. The molecule has 0 bridgehead atoms. The van der Waals surface area contributed by atoms with Crippen LogP contribution in [0.3, 0.4) is 0 Å². The van der Waals surface area contributed by atoms with Gasteiger partial charge in [-0.15, -0.1) is 10.2 Å². The smallest absolute Gasteiger partial charge is 0.253 e. The normalized spacial score (nSPS) is 15.5. The zero-order valence-corrected chi connectivity index (χ0v) is 14.2. The second kappa shape index (κ2) is 6.55. The highest BCUT2D eigenvalue weighted by molar-refractivity contribution is 5.94. The number of rotatable bonds is 4. The number of anilines is 1. The van der Waals surface area contributed by atoms with E-state index in [4.69, 9.17) is 0 Å². The van der Waals surface area contributed by atoms with Gasteiger partial charge in [0.1, 0.15) is 6.33 Å². The summed E-state index contributed by atoms with van der Waals surface area (Å²) in [5.74, 6) is -0.102. The SMILES string of the molecule is C[C@H](NC(=O)c1ccc2nncn2c1)c1cccc(N2CCCC2)c1. The predicted molar refractivity (Wildman–Crippen MR) is 96.8 cm³/mol. The maximum absolute atomic E-state index is 12.6. The predicted octanol–water partition coefficient (Wildman–Crippen LogP) is 2.82. The lowest BCUT2D eigenvalue weighted by molar-refractivity contribution is 0.0939. The molecule has 1 aliphatic rings. The average Bonchev–Trinajstić information content (AvgIpc) is 3.32. The van der Waals surface area contributed by atoms with E-state index in [1.54, 1.807) is 29.1 Å². The monoisotopic (exact) mass is 335 g/mol. The maximum atomic E-state index is 12.6. The van der Waals surface area contributed by atoms with Gasteiger partial charge in [-0.1, -0.05) is 12.1 Å². The molecule has 25 heavy (non-hydrogen) atoms.